The highest BCUT2D eigenvalue weighted by molar-refractivity contribution is 5.81. The number of likely N-dealkylation sites (N-methyl/N-ethyl adjacent to an activating group) is 1. The molecule has 0 aliphatic rings. The molecule has 0 aromatic carbocycles. The zero-order valence-electron chi connectivity index (χ0n) is 11.3. The third-order valence-corrected chi connectivity index (χ3v) is 2.32. The lowest BCUT2D eigenvalue weighted by Gasteiger charge is -2.19. The molecule has 0 atom stereocenters. The van der Waals surface area contributed by atoms with E-state index in [4.69, 9.17) is 25.2 Å². The molecule has 0 heterocycles. The number of oxime groups is 1. The van der Waals surface area contributed by atoms with Crippen LogP contribution in [0.25, 0.3) is 0 Å². The Morgan fingerprint density at radius 2 is 1.78 bits per heavy atom. The van der Waals surface area contributed by atoms with Crippen molar-refractivity contribution < 1.29 is 19.4 Å². The summed E-state index contributed by atoms with van der Waals surface area (Å²) in [6.07, 6.45) is 0. The highest BCUT2D eigenvalue weighted by atomic mass is 16.5. The van der Waals surface area contributed by atoms with Crippen molar-refractivity contribution in [2.75, 3.05) is 59.8 Å². The van der Waals surface area contributed by atoms with E-state index in [-0.39, 0.29) is 5.84 Å². The largest absolute Gasteiger partial charge is 0.409 e. The van der Waals surface area contributed by atoms with E-state index < -0.39 is 0 Å². The van der Waals surface area contributed by atoms with Crippen LogP contribution in [0.2, 0.25) is 0 Å². The summed E-state index contributed by atoms with van der Waals surface area (Å²) in [6, 6.07) is 0. The predicted octanol–water partition coefficient (Wildman–Crippen LogP) is -0.266. The van der Waals surface area contributed by atoms with Gasteiger partial charge in [-0.3, -0.25) is 4.90 Å². The third-order valence-electron chi connectivity index (χ3n) is 2.32. The summed E-state index contributed by atoms with van der Waals surface area (Å²) >= 11 is 0. The standard InChI is InChI=1S/C11H25N3O4/c1-3-14(10-11(12)13-15)4-5-17-8-9-18-7-6-16-2/h15H,3-10H2,1-2H3,(H2,12,13). The molecule has 0 fully saturated rings. The fraction of sp³-hybridized carbons (Fsp3) is 0.909. The molecule has 0 aromatic rings. The minimum Gasteiger partial charge on any atom is -0.409 e. The van der Waals surface area contributed by atoms with E-state index >= 15 is 0 Å². The Labute approximate surface area is 108 Å². The first-order valence-corrected chi connectivity index (χ1v) is 6.07. The van der Waals surface area contributed by atoms with Gasteiger partial charge in [-0.2, -0.15) is 0 Å². The lowest BCUT2D eigenvalue weighted by molar-refractivity contribution is 0.0205. The average molecular weight is 263 g/mol. The first-order chi connectivity index (χ1) is 8.74. The maximum Gasteiger partial charge on any atom is 0.153 e. The Bertz CT molecular complexity index is 214. The van der Waals surface area contributed by atoms with Crippen molar-refractivity contribution in [3.63, 3.8) is 0 Å². The molecule has 0 radical (unpaired) electrons. The van der Waals surface area contributed by atoms with Gasteiger partial charge in [-0.25, -0.2) is 0 Å². The highest BCUT2D eigenvalue weighted by Gasteiger charge is 2.04. The number of methoxy groups -OCH3 is 1. The topological polar surface area (TPSA) is 89.5 Å². The van der Waals surface area contributed by atoms with Crippen LogP contribution in [0.4, 0.5) is 0 Å². The molecule has 18 heavy (non-hydrogen) atoms. The van der Waals surface area contributed by atoms with E-state index in [0.29, 0.717) is 39.6 Å². The summed E-state index contributed by atoms with van der Waals surface area (Å²) in [5, 5.41) is 11.4. The van der Waals surface area contributed by atoms with Crippen molar-refractivity contribution in [2.24, 2.45) is 10.9 Å². The molecule has 0 amide bonds. The second kappa shape index (κ2) is 12.6. The zero-order valence-corrected chi connectivity index (χ0v) is 11.3. The predicted molar refractivity (Wildman–Crippen MR) is 69.0 cm³/mol. The Balaban J connectivity index is 3.40. The molecule has 0 spiro atoms. The molecule has 0 aliphatic carbocycles. The van der Waals surface area contributed by atoms with Crippen LogP contribution < -0.4 is 5.73 Å². The molecule has 3 N–H and O–H groups in total. The second-order valence-electron chi connectivity index (χ2n) is 3.68. The number of rotatable bonds is 12. The first kappa shape index (κ1) is 17.1. The van der Waals surface area contributed by atoms with Crippen LogP contribution in [-0.4, -0.2) is 75.7 Å². The molecule has 7 heteroatoms. The Hall–Kier alpha value is -0.890. The molecular formula is C11H25N3O4. The number of nitrogens with zero attached hydrogens (tertiary/aromatic N) is 2. The Morgan fingerprint density at radius 3 is 2.33 bits per heavy atom. The van der Waals surface area contributed by atoms with Crippen molar-refractivity contribution >= 4 is 5.84 Å². The molecule has 7 nitrogen and oxygen atoms in total. The van der Waals surface area contributed by atoms with Gasteiger partial charge in [0.25, 0.3) is 0 Å². The fourth-order valence-electron chi connectivity index (χ4n) is 1.27. The molecule has 0 rings (SSSR count). The summed E-state index contributed by atoms with van der Waals surface area (Å²) in [7, 11) is 1.64. The quantitative estimate of drug-likeness (QED) is 0.166. The second-order valence-corrected chi connectivity index (χ2v) is 3.68. The maximum atomic E-state index is 8.47. The van der Waals surface area contributed by atoms with Gasteiger partial charge in [0.2, 0.25) is 0 Å². The molecule has 108 valence electrons. The molecule has 0 aliphatic heterocycles. The number of nitrogens with two attached hydrogens (primary N) is 1. The summed E-state index contributed by atoms with van der Waals surface area (Å²) in [6.45, 7) is 6.93. The van der Waals surface area contributed by atoms with Gasteiger partial charge in [0.05, 0.1) is 39.6 Å². The monoisotopic (exact) mass is 263 g/mol. The number of amidine groups is 1. The van der Waals surface area contributed by atoms with Crippen LogP contribution in [0.3, 0.4) is 0 Å². The molecule has 0 saturated heterocycles. The van der Waals surface area contributed by atoms with Crippen molar-refractivity contribution in [1.29, 1.82) is 0 Å². The summed E-state index contributed by atoms with van der Waals surface area (Å²) < 4.78 is 15.5. The van der Waals surface area contributed by atoms with E-state index in [0.717, 1.165) is 13.1 Å². The summed E-state index contributed by atoms with van der Waals surface area (Å²) in [5.74, 6) is 0.208. The minimum atomic E-state index is 0.208. The van der Waals surface area contributed by atoms with Gasteiger partial charge in [0.15, 0.2) is 5.84 Å². The van der Waals surface area contributed by atoms with Crippen molar-refractivity contribution in [3.05, 3.63) is 0 Å². The van der Waals surface area contributed by atoms with Crippen LogP contribution in [0.1, 0.15) is 6.92 Å². The Kier molecular flexibility index (Phi) is 11.9. The Morgan fingerprint density at radius 1 is 1.17 bits per heavy atom. The fourth-order valence-corrected chi connectivity index (χ4v) is 1.27. The number of hydrogen-bond acceptors (Lipinski definition) is 6. The average Bonchev–Trinajstić information content (AvgIpc) is 2.40. The molecule has 0 bridgehead atoms. The summed E-state index contributed by atoms with van der Waals surface area (Å²) in [4.78, 5) is 2.03. The van der Waals surface area contributed by atoms with Crippen molar-refractivity contribution in [3.8, 4) is 0 Å². The lowest BCUT2D eigenvalue weighted by Crippen LogP contribution is -2.36. The molecule has 0 unspecified atom stereocenters. The number of ether oxygens (including phenoxy) is 3. The smallest absolute Gasteiger partial charge is 0.153 e. The minimum absolute atomic E-state index is 0.208. The van der Waals surface area contributed by atoms with Crippen molar-refractivity contribution in [1.82, 2.24) is 4.90 Å². The van der Waals surface area contributed by atoms with Crippen LogP contribution >= 0.6 is 0 Å². The zero-order chi connectivity index (χ0) is 13.6. The van der Waals surface area contributed by atoms with E-state index in [1.807, 2.05) is 11.8 Å². The first-order valence-electron chi connectivity index (χ1n) is 6.07. The van der Waals surface area contributed by atoms with Crippen LogP contribution in [0, 0.1) is 0 Å². The van der Waals surface area contributed by atoms with Crippen molar-refractivity contribution in [2.45, 2.75) is 6.92 Å². The molecular weight excluding hydrogens is 238 g/mol. The van der Waals surface area contributed by atoms with Crippen LogP contribution in [-0.2, 0) is 14.2 Å². The lowest BCUT2D eigenvalue weighted by atomic mass is 10.4. The maximum absolute atomic E-state index is 8.47. The van der Waals surface area contributed by atoms with Gasteiger partial charge >= 0.3 is 0 Å². The normalized spacial score (nSPS) is 12.3. The highest BCUT2D eigenvalue weighted by Crippen LogP contribution is 1.89. The van der Waals surface area contributed by atoms with E-state index in [1.165, 1.54) is 0 Å². The number of hydrogen-bond donors (Lipinski definition) is 2. The van der Waals surface area contributed by atoms with Gasteiger partial charge in [-0.1, -0.05) is 12.1 Å². The van der Waals surface area contributed by atoms with Crippen LogP contribution in [0.5, 0.6) is 0 Å². The molecule has 0 aromatic heterocycles. The van der Waals surface area contributed by atoms with Gasteiger partial charge in [0.1, 0.15) is 0 Å². The van der Waals surface area contributed by atoms with E-state index in [9.17, 15) is 0 Å². The van der Waals surface area contributed by atoms with Gasteiger partial charge in [-0.05, 0) is 6.54 Å². The summed E-state index contributed by atoms with van der Waals surface area (Å²) in [5.41, 5.74) is 5.43. The van der Waals surface area contributed by atoms with E-state index in [1.54, 1.807) is 7.11 Å². The van der Waals surface area contributed by atoms with E-state index in [2.05, 4.69) is 5.16 Å². The van der Waals surface area contributed by atoms with Gasteiger partial charge in [-0.15, -0.1) is 0 Å². The van der Waals surface area contributed by atoms with Gasteiger partial charge < -0.3 is 25.2 Å². The molecule has 0 saturated carbocycles. The third kappa shape index (κ3) is 10.3. The van der Waals surface area contributed by atoms with Gasteiger partial charge in [0, 0.05) is 13.7 Å². The SMILES string of the molecule is CCN(CCOCCOCCOC)CC(N)=NO. The van der Waals surface area contributed by atoms with Crippen LogP contribution in [0.15, 0.2) is 5.16 Å².